The number of nitrogens with one attached hydrogen (secondary N) is 5. The fourth-order valence-electron chi connectivity index (χ4n) is 9.41. The third kappa shape index (κ3) is 10.4. The first kappa shape index (κ1) is 50.9. The number of nitrogens with zero attached hydrogens (tertiary/aromatic N) is 3. The fourth-order valence-corrected chi connectivity index (χ4v) is 11.1. The predicted molar refractivity (Wildman–Crippen MR) is 297 cm³/mol. The summed E-state index contributed by atoms with van der Waals surface area (Å²) in [5.74, 6) is -1.29. The lowest BCUT2D eigenvalue weighted by Gasteiger charge is -2.21. The van der Waals surface area contributed by atoms with Crippen molar-refractivity contribution < 1.29 is 19.5 Å². The number of aryl methyl sites for hydroxylation is 2. The molecule has 0 saturated heterocycles. The Labute approximate surface area is 429 Å². The van der Waals surface area contributed by atoms with E-state index < -0.39 is 5.97 Å². The van der Waals surface area contributed by atoms with Crippen molar-refractivity contribution in [3.8, 4) is 43.7 Å². The molecule has 72 heavy (non-hydrogen) atoms. The van der Waals surface area contributed by atoms with Crippen LogP contribution in [0.5, 0.6) is 0 Å². The maximum atomic E-state index is 13.0. The van der Waals surface area contributed by atoms with Gasteiger partial charge >= 0.3 is 5.97 Å². The van der Waals surface area contributed by atoms with Crippen LogP contribution in [0.3, 0.4) is 0 Å². The Balaban J connectivity index is 0.000000193. The van der Waals surface area contributed by atoms with Crippen molar-refractivity contribution >= 4 is 75.1 Å². The van der Waals surface area contributed by atoms with Crippen LogP contribution in [0.1, 0.15) is 95.2 Å². The molecule has 0 saturated carbocycles. The maximum absolute atomic E-state index is 13.0. The van der Waals surface area contributed by atoms with Gasteiger partial charge in [0.1, 0.15) is 10.0 Å². The quantitative estimate of drug-likeness (QED) is 0.0585. The van der Waals surface area contributed by atoms with Gasteiger partial charge in [-0.3, -0.25) is 9.59 Å². The minimum Gasteiger partial charge on any atom is -0.478 e. The molecule has 2 amide bonds. The molecule has 1 unspecified atom stereocenters. The monoisotopic (exact) mass is 996 g/mol. The zero-order valence-electron chi connectivity index (χ0n) is 40.8. The molecule has 4 aromatic heterocycles. The van der Waals surface area contributed by atoms with E-state index in [1.165, 1.54) is 11.1 Å². The second kappa shape index (κ2) is 21.9. The molecule has 14 heteroatoms. The third-order valence-corrected chi connectivity index (χ3v) is 15.0. The average molecular weight is 997 g/mol. The summed E-state index contributed by atoms with van der Waals surface area (Å²) in [4.78, 5) is 56.0. The van der Waals surface area contributed by atoms with Gasteiger partial charge in [0.2, 0.25) is 0 Å². The normalized spacial score (nSPS) is 14.2. The summed E-state index contributed by atoms with van der Waals surface area (Å²) in [6.45, 7) is 18.4. The number of hydrogen-bond acceptors (Lipinski definition) is 9. The molecule has 12 nitrogen and oxygen atoms in total. The summed E-state index contributed by atoms with van der Waals surface area (Å²) < 4.78 is 0. The molecule has 0 aliphatic carbocycles. The number of aromatic nitrogens is 4. The van der Waals surface area contributed by atoms with Gasteiger partial charge in [0, 0.05) is 97.4 Å². The Hall–Kier alpha value is -7.49. The van der Waals surface area contributed by atoms with Crippen LogP contribution in [0.4, 0.5) is 11.4 Å². The molecule has 6 N–H and O–H groups in total. The molecule has 4 aromatic carbocycles. The number of aromatic amines is 2. The van der Waals surface area contributed by atoms with Gasteiger partial charge in [0.25, 0.3) is 11.8 Å². The van der Waals surface area contributed by atoms with Crippen molar-refractivity contribution in [2.24, 2.45) is 0 Å². The second-order valence-corrected chi connectivity index (χ2v) is 19.4. The Bertz CT molecular complexity index is 3360. The standard InChI is InChI=1S/C32H37N5OS.C25H19N3O3S.CH4/c1-6-37(7-2)16-15-33-21(4)30-20(3)28(34-22(30)5)18-26-25-17-24(13-14-27(25)35-31(26)38)29-19-39-32(36-29)23-11-9-8-10-12-23;1-13-20(26-14(2)22(13)25(30)31)11-18-17-10-16(8-9-19(17)27-23(18)29)21-12-32-24(28-21)15-6-4-3-5-7-15;/h8-14,17-19,21,33-34H,6-7,15-16H2,1-5H3,(H,35,38);3-12,26H,1-2H3,(H,27,29)(H,30,31);1H4/b26-18-;18-11-;. The van der Waals surface area contributed by atoms with Gasteiger partial charge in [0.05, 0.1) is 28.1 Å². The number of H-pyrrole nitrogens is 2. The minimum absolute atomic E-state index is 0. The van der Waals surface area contributed by atoms with E-state index in [4.69, 9.17) is 9.97 Å². The number of likely N-dealkylation sites (N-methyl/N-ethyl adjacent to an activating group) is 1. The van der Waals surface area contributed by atoms with Crippen LogP contribution in [0.2, 0.25) is 0 Å². The van der Waals surface area contributed by atoms with E-state index in [2.05, 4.69) is 89.0 Å². The van der Waals surface area contributed by atoms with Crippen LogP contribution in [0.25, 0.3) is 67.0 Å². The number of amides is 2. The number of anilines is 2. The summed E-state index contributed by atoms with van der Waals surface area (Å²) in [5.41, 5.74) is 16.8. The number of aromatic carboxylic acids is 1. The highest BCUT2D eigenvalue weighted by Gasteiger charge is 2.28. The summed E-state index contributed by atoms with van der Waals surface area (Å²) in [6.07, 6.45) is 3.71. The highest BCUT2D eigenvalue weighted by Crippen LogP contribution is 2.40. The van der Waals surface area contributed by atoms with Crippen LogP contribution < -0.4 is 16.0 Å². The topological polar surface area (TPSA) is 168 Å². The molecule has 368 valence electrons. The number of rotatable bonds is 14. The van der Waals surface area contributed by atoms with Crippen LogP contribution in [-0.4, -0.2) is 73.9 Å². The number of thiazole rings is 2. The molecule has 10 rings (SSSR count). The Morgan fingerprint density at radius 1 is 0.681 bits per heavy atom. The number of carbonyl (C=O) groups is 3. The van der Waals surface area contributed by atoms with Gasteiger partial charge in [0.15, 0.2) is 0 Å². The Morgan fingerprint density at radius 3 is 1.61 bits per heavy atom. The van der Waals surface area contributed by atoms with E-state index in [0.717, 1.165) is 104 Å². The molecule has 2 aliphatic heterocycles. The zero-order chi connectivity index (χ0) is 49.9. The number of carboxylic acids is 1. The highest BCUT2D eigenvalue weighted by molar-refractivity contribution is 7.13. The van der Waals surface area contributed by atoms with Crippen LogP contribution in [0, 0.1) is 27.7 Å². The van der Waals surface area contributed by atoms with Gasteiger partial charge in [-0.2, -0.15) is 0 Å². The van der Waals surface area contributed by atoms with Gasteiger partial charge in [-0.15, -0.1) is 22.7 Å². The molecule has 0 fully saturated rings. The van der Waals surface area contributed by atoms with Crippen LogP contribution >= 0.6 is 22.7 Å². The molecular formula is C58H60N8O4S2. The molecular weight excluding hydrogens is 937 g/mol. The van der Waals surface area contributed by atoms with E-state index >= 15 is 0 Å². The fraction of sp³-hybridized carbons (Fsp3) is 0.224. The van der Waals surface area contributed by atoms with E-state index in [1.54, 1.807) is 42.6 Å². The van der Waals surface area contributed by atoms with Crippen molar-refractivity contribution in [1.29, 1.82) is 0 Å². The van der Waals surface area contributed by atoms with Crippen LogP contribution in [-0.2, 0) is 9.59 Å². The number of fused-ring (bicyclic) bond motifs is 2. The van der Waals surface area contributed by atoms with Crippen molar-refractivity contribution in [3.63, 3.8) is 0 Å². The Morgan fingerprint density at radius 2 is 1.15 bits per heavy atom. The molecule has 2 aliphatic rings. The molecule has 1 atom stereocenters. The molecule has 8 aromatic rings. The molecule has 0 spiro atoms. The first-order valence-electron chi connectivity index (χ1n) is 23.8. The lowest BCUT2D eigenvalue weighted by molar-refractivity contribution is -0.111. The van der Waals surface area contributed by atoms with Gasteiger partial charge in [-0.05, 0) is 101 Å². The van der Waals surface area contributed by atoms with E-state index in [1.807, 2.05) is 90.3 Å². The summed E-state index contributed by atoms with van der Waals surface area (Å²) in [7, 11) is 0. The zero-order valence-corrected chi connectivity index (χ0v) is 42.4. The molecule has 6 heterocycles. The number of carboxylic acid groups (broad SMARTS) is 1. The minimum atomic E-state index is -0.989. The third-order valence-electron chi connectivity index (χ3n) is 13.3. The molecule has 0 radical (unpaired) electrons. The predicted octanol–water partition coefficient (Wildman–Crippen LogP) is 13.2. The lowest BCUT2D eigenvalue weighted by atomic mass is 9.99. The SMILES string of the molecule is C.CCN(CC)CCNC(C)c1c(C)[nH]c(/C=C2\C(=O)Nc3ccc(-c4csc(-c5ccccc5)n4)cc32)c1C.Cc1[nH]c(/C=C2\C(=O)Nc3ccc(-c4csc(-c5ccccc5)n4)cc32)c(C)c1C(=O)O. The lowest BCUT2D eigenvalue weighted by Crippen LogP contribution is -2.33. The first-order chi connectivity index (χ1) is 34.3. The number of benzene rings is 4. The number of hydrogen-bond donors (Lipinski definition) is 6. The van der Waals surface area contributed by atoms with E-state index in [0.29, 0.717) is 28.1 Å². The summed E-state index contributed by atoms with van der Waals surface area (Å²) >= 11 is 3.21. The van der Waals surface area contributed by atoms with Crippen molar-refractivity contribution in [2.75, 3.05) is 36.8 Å². The first-order valence-corrected chi connectivity index (χ1v) is 25.5. The molecule has 0 bridgehead atoms. The summed E-state index contributed by atoms with van der Waals surface area (Å²) in [5, 5.41) is 25.1. The van der Waals surface area contributed by atoms with Crippen molar-refractivity contribution in [2.45, 2.75) is 61.9 Å². The second-order valence-electron chi connectivity index (χ2n) is 17.7. The van der Waals surface area contributed by atoms with Crippen LogP contribution in [0.15, 0.2) is 108 Å². The van der Waals surface area contributed by atoms with Gasteiger partial charge in [-0.1, -0.05) is 94.1 Å². The number of carbonyl (C=O) groups excluding carboxylic acids is 2. The summed E-state index contributed by atoms with van der Waals surface area (Å²) in [6, 6.07) is 32.3. The van der Waals surface area contributed by atoms with Gasteiger partial charge in [-0.25, -0.2) is 14.8 Å². The van der Waals surface area contributed by atoms with Gasteiger partial charge < -0.3 is 35.9 Å². The van der Waals surface area contributed by atoms with Crippen molar-refractivity contribution in [3.05, 3.63) is 164 Å². The highest BCUT2D eigenvalue weighted by atomic mass is 32.1. The smallest absolute Gasteiger partial charge is 0.337 e. The van der Waals surface area contributed by atoms with E-state index in [9.17, 15) is 19.5 Å². The average Bonchev–Trinajstić information content (AvgIpc) is 4.24. The maximum Gasteiger partial charge on any atom is 0.337 e. The largest absolute Gasteiger partial charge is 0.478 e. The Kier molecular flexibility index (Phi) is 15.5. The van der Waals surface area contributed by atoms with Crippen molar-refractivity contribution in [1.82, 2.24) is 30.2 Å². The van der Waals surface area contributed by atoms with E-state index in [-0.39, 0.29) is 30.8 Å².